The fourth-order valence-electron chi connectivity index (χ4n) is 2.77. The minimum absolute atomic E-state index is 0.211. The van der Waals surface area contributed by atoms with Crippen LogP contribution in [0.15, 0.2) is 18.2 Å². The van der Waals surface area contributed by atoms with Crippen LogP contribution in [0.25, 0.3) is 0 Å². The Hall–Kier alpha value is -0.770. The zero-order valence-electron chi connectivity index (χ0n) is 12.6. The lowest BCUT2D eigenvalue weighted by Crippen LogP contribution is -2.44. The molecule has 3 nitrogen and oxygen atoms in total. The second kappa shape index (κ2) is 7.48. The van der Waals surface area contributed by atoms with Gasteiger partial charge in [-0.25, -0.2) is 0 Å². The van der Waals surface area contributed by atoms with Crippen LogP contribution < -0.4 is 0 Å². The van der Waals surface area contributed by atoms with E-state index in [1.54, 1.807) is 6.07 Å². The Morgan fingerprint density at radius 2 is 1.95 bits per heavy atom. The van der Waals surface area contributed by atoms with Crippen LogP contribution in [0.3, 0.4) is 0 Å². The first-order valence-electron chi connectivity index (χ1n) is 7.36. The number of halogens is 2. The van der Waals surface area contributed by atoms with Gasteiger partial charge in [0.15, 0.2) is 0 Å². The van der Waals surface area contributed by atoms with Gasteiger partial charge in [-0.2, -0.15) is 0 Å². The highest BCUT2D eigenvalue weighted by atomic mass is 35.5. The molecule has 0 bridgehead atoms. The summed E-state index contributed by atoms with van der Waals surface area (Å²) in [6.07, 6.45) is 3.24. The smallest absolute Gasteiger partial charge is 0.222 e. The number of piperidine rings is 1. The molecule has 1 aliphatic heterocycles. The minimum Gasteiger partial charge on any atom is -0.343 e. The average molecular weight is 329 g/mol. The third-order valence-corrected chi connectivity index (χ3v) is 5.05. The van der Waals surface area contributed by atoms with Crippen molar-refractivity contribution in [3.05, 3.63) is 33.8 Å². The molecule has 1 aliphatic rings. The summed E-state index contributed by atoms with van der Waals surface area (Å²) in [4.78, 5) is 16.5. The van der Waals surface area contributed by atoms with Crippen LogP contribution in [-0.4, -0.2) is 48.9 Å². The number of nitrogens with zero attached hydrogens (tertiary/aromatic N) is 2. The summed E-state index contributed by atoms with van der Waals surface area (Å²) in [7, 11) is 4.20. The minimum atomic E-state index is 0.211. The molecular formula is C16H22Cl2N2O. The van der Waals surface area contributed by atoms with E-state index < -0.39 is 0 Å². The molecule has 0 aromatic heterocycles. The van der Waals surface area contributed by atoms with Gasteiger partial charge in [-0.15, -0.1) is 0 Å². The maximum Gasteiger partial charge on any atom is 0.222 e. The van der Waals surface area contributed by atoms with Crippen LogP contribution in [0.5, 0.6) is 0 Å². The maximum atomic E-state index is 12.3. The Labute approximate surface area is 136 Å². The number of hydrogen-bond acceptors (Lipinski definition) is 2. The summed E-state index contributed by atoms with van der Waals surface area (Å²) in [6, 6.07) is 6.16. The van der Waals surface area contributed by atoms with Gasteiger partial charge in [0.2, 0.25) is 5.91 Å². The molecule has 21 heavy (non-hydrogen) atoms. The second-order valence-electron chi connectivity index (χ2n) is 5.79. The van der Waals surface area contributed by atoms with Crippen LogP contribution in [-0.2, 0) is 11.2 Å². The molecule has 0 spiro atoms. The van der Waals surface area contributed by atoms with Gasteiger partial charge in [0.25, 0.3) is 0 Å². The first kappa shape index (κ1) is 16.6. The Bertz CT molecular complexity index is 497. The normalized spacial score (nSPS) is 16.5. The first-order chi connectivity index (χ1) is 9.99. The van der Waals surface area contributed by atoms with Gasteiger partial charge in [-0.1, -0.05) is 35.3 Å². The molecule has 0 radical (unpaired) electrons. The molecule has 116 valence electrons. The van der Waals surface area contributed by atoms with Crippen molar-refractivity contribution in [1.82, 2.24) is 9.80 Å². The van der Waals surface area contributed by atoms with Crippen LogP contribution in [0, 0.1) is 0 Å². The summed E-state index contributed by atoms with van der Waals surface area (Å²) in [5, 5.41) is 1.12. The van der Waals surface area contributed by atoms with Crippen LogP contribution >= 0.6 is 23.2 Å². The number of rotatable bonds is 4. The van der Waals surface area contributed by atoms with Crippen molar-refractivity contribution in [2.24, 2.45) is 0 Å². The summed E-state index contributed by atoms with van der Waals surface area (Å²) in [6.45, 7) is 1.70. The molecule has 1 aromatic carbocycles. The number of carbonyl (C=O) groups is 1. The van der Waals surface area contributed by atoms with Gasteiger partial charge >= 0.3 is 0 Å². The largest absolute Gasteiger partial charge is 0.343 e. The predicted molar refractivity (Wildman–Crippen MR) is 88.1 cm³/mol. The van der Waals surface area contributed by atoms with E-state index in [9.17, 15) is 4.79 Å². The van der Waals surface area contributed by atoms with E-state index in [2.05, 4.69) is 19.0 Å². The Balaban J connectivity index is 1.84. The van der Waals surface area contributed by atoms with Crippen molar-refractivity contribution < 1.29 is 4.79 Å². The monoisotopic (exact) mass is 328 g/mol. The first-order valence-corrected chi connectivity index (χ1v) is 8.11. The van der Waals surface area contributed by atoms with Gasteiger partial charge in [-0.05, 0) is 45.0 Å². The molecule has 1 amide bonds. The average Bonchev–Trinajstić information content (AvgIpc) is 2.48. The topological polar surface area (TPSA) is 23.6 Å². The zero-order chi connectivity index (χ0) is 15.4. The zero-order valence-corrected chi connectivity index (χ0v) is 14.1. The predicted octanol–water partition coefficient (Wildman–Crippen LogP) is 3.48. The van der Waals surface area contributed by atoms with Crippen LogP contribution in [0.1, 0.15) is 24.8 Å². The molecule has 0 aliphatic carbocycles. The Morgan fingerprint density at radius 3 is 2.57 bits per heavy atom. The number of amides is 1. The van der Waals surface area contributed by atoms with E-state index in [1.807, 2.05) is 17.0 Å². The van der Waals surface area contributed by atoms with Gasteiger partial charge in [0, 0.05) is 25.6 Å². The van der Waals surface area contributed by atoms with Gasteiger partial charge < -0.3 is 9.80 Å². The van der Waals surface area contributed by atoms with E-state index in [0.29, 0.717) is 28.9 Å². The van der Waals surface area contributed by atoms with Crippen LogP contribution in [0.4, 0.5) is 0 Å². The SMILES string of the molecule is CN(C)C1CCN(C(=O)CCc2cccc(Cl)c2Cl)CC1. The highest BCUT2D eigenvalue weighted by Crippen LogP contribution is 2.26. The highest BCUT2D eigenvalue weighted by Gasteiger charge is 2.23. The van der Waals surface area contributed by atoms with Crippen LogP contribution in [0.2, 0.25) is 10.0 Å². The lowest BCUT2D eigenvalue weighted by molar-refractivity contribution is -0.132. The maximum absolute atomic E-state index is 12.3. The fraction of sp³-hybridized carbons (Fsp3) is 0.562. The third kappa shape index (κ3) is 4.35. The van der Waals surface area contributed by atoms with Crippen molar-refractivity contribution in [2.75, 3.05) is 27.2 Å². The summed E-state index contributed by atoms with van der Waals surface area (Å²) in [5.74, 6) is 0.211. The molecule has 1 heterocycles. The van der Waals surface area contributed by atoms with Crippen molar-refractivity contribution >= 4 is 29.1 Å². The van der Waals surface area contributed by atoms with Gasteiger partial charge in [0.05, 0.1) is 10.0 Å². The number of likely N-dealkylation sites (tertiary alicyclic amines) is 1. The molecule has 0 atom stereocenters. The molecule has 0 saturated carbocycles. The lowest BCUT2D eigenvalue weighted by atomic mass is 10.0. The lowest BCUT2D eigenvalue weighted by Gasteiger charge is -2.35. The van der Waals surface area contributed by atoms with Crippen molar-refractivity contribution in [3.8, 4) is 0 Å². The number of aryl methyl sites for hydroxylation is 1. The summed E-state index contributed by atoms with van der Waals surface area (Å²) >= 11 is 12.1. The molecule has 5 heteroatoms. The quantitative estimate of drug-likeness (QED) is 0.844. The molecule has 2 rings (SSSR count). The Kier molecular flexibility index (Phi) is 5.91. The molecule has 1 saturated heterocycles. The van der Waals surface area contributed by atoms with Gasteiger partial charge in [0.1, 0.15) is 0 Å². The molecule has 1 aromatic rings. The highest BCUT2D eigenvalue weighted by molar-refractivity contribution is 6.42. The molecular weight excluding hydrogens is 307 g/mol. The summed E-state index contributed by atoms with van der Waals surface area (Å²) < 4.78 is 0. The second-order valence-corrected chi connectivity index (χ2v) is 6.57. The number of carbonyl (C=O) groups excluding carboxylic acids is 1. The molecule has 0 N–H and O–H groups in total. The fourth-order valence-corrected chi connectivity index (χ4v) is 3.19. The van der Waals surface area contributed by atoms with E-state index in [4.69, 9.17) is 23.2 Å². The standard InChI is InChI=1S/C16H22Cl2N2O/c1-19(2)13-8-10-20(11-9-13)15(21)7-6-12-4-3-5-14(17)16(12)18/h3-5,13H,6-11H2,1-2H3. The number of hydrogen-bond donors (Lipinski definition) is 0. The summed E-state index contributed by atoms with van der Waals surface area (Å²) in [5.41, 5.74) is 0.945. The number of benzene rings is 1. The third-order valence-electron chi connectivity index (χ3n) is 4.19. The Morgan fingerprint density at radius 1 is 1.29 bits per heavy atom. The van der Waals surface area contributed by atoms with E-state index >= 15 is 0 Å². The molecule has 0 unspecified atom stereocenters. The van der Waals surface area contributed by atoms with Crippen molar-refractivity contribution in [2.45, 2.75) is 31.7 Å². The van der Waals surface area contributed by atoms with E-state index in [1.165, 1.54) is 0 Å². The van der Waals surface area contributed by atoms with E-state index in [-0.39, 0.29) is 5.91 Å². The van der Waals surface area contributed by atoms with Crippen molar-refractivity contribution in [3.63, 3.8) is 0 Å². The van der Waals surface area contributed by atoms with Crippen molar-refractivity contribution in [1.29, 1.82) is 0 Å². The van der Waals surface area contributed by atoms with E-state index in [0.717, 1.165) is 31.5 Å². The van der Waals surface area contributed by atoms with Gasteiger partial charge in [-0.3, -0.25) is 4.79 Å². The molecule has 1 fully saturated rings.